The minimum absolute atomic E-state index is 0.806. The quantitative estimate of drug-likeness (QED) is 0.795. The second-order valence-electron chi connectivity index (χ2n) is 3.09. The summed E-state index contributed by atoms with van der Waals surface area (Å²) < 4.78 is 1.19. The molecule has 0 aliphatic rings. The molecule has 0 radical (unpaired) electrons. The summed E-state index contributed by atoms with van der Waals surface area (Å²) in [6.45, 7) is 8.66. The molecule has 0 aliphatic carbocycles. The van der Waals surface area contributed by atoms with Gasteiger partial charge in [0.2, 0.25) is 0 Å². The van der Waals surface area contributed by atoms with Crippen molar-refractivity contribution in [2.24, 2.45) is 0 Å². The SMILES string of the molecule is C=CCNc1cc(C)c(Br)c(C)c1. The highest BCUT2D eigenvalue weighted by Crippen LogP contribution is 2.24. The van der Waals surface area contributed by atoms with Gasteiger partial charge in [-0.2, -0.15) is 0 Å². The van der Waals surface area contributed by atoms with Crippen LogP contribution in [-0.2, 0) is 0 Å². The molecule has 2 heteroatoms. The fraction of sp³-hybridized carbons (Fsp3) is 0.273. The molecule has 0 saturated heterocycles. The molecule has 1 nitrogen and oxygen atoms in total. The van der Waals surface area contributed by atoms with Crippen LogP contribution >= 0.6 is 15.9 Å². The molecule has 0 atom stereocenters. The summed E-state index contributed by atoms with van der Waals surface area (Å²) in [6.07, 6.45) is 1.85. The Balaban J connectivity index is 2.92. The van der Waals surface area contributed by atoms with E-state index in [1.165, 1.54) is 15.6 Å². The summed E-state index contributed by atoms with van der Waals surface area (Å²) in [6, 6.07) is 4.25. The predicted octanol–water partition coefficient (Wildman–Crippen LogP) is 3.66. The number of rotatable bonds is 3. The molecule has 0 spiro atoms. The van der Waals surface area contributed by atoms with E-state index in [2.05, 4.69) is 53.8 Å². The number of nitrogens with one attached hydrogen (secondary N) is 1. The Hall–Kier alpha value is -0.760. The van der Waals surface area contributed by atoms with Crippen LogP contribution in [0, 0.1) is 13.8 Å². The third-order valence-corrected chi connectivity index (χ3v) is 3.14. The van der Waals surface area contributed by atoms with Gasteiger partial charge in [-0.1, -0.05) is 22.0 Å². The van der Waals surface area contributed by atoms with Crippen molar-refractivity contribution in [3.8, 4) is 0 Å². The zero-order valence-corrected chi connectivity index (χ0v) is 9.61. The molecule has 0 unspecified atom stereocenters. The van der Waals surface area contributed by atoms with Crippen molar-refractivity contribution < 1.29 is 0 Å². The summed E-state index contributed by atoms with van der Waals surface area (Å²) in [5, 5.41) is 3.26. The number of halogens is 1. The lowest BCUT2D eigenvalue weighted by Crippen LogP contribution is -1.98. The van der Waals surface area contributed by atoms with Crippen molar-refractivity contribution in [2.75, 3.05) is 11.9 Å². The van der Waals surface area contributed by atoms with Crippen molar-refractivity contribution in [3.05, 3.63) is 40.4 Å². The van der Waals surface area contributed by atoms with Crippen molar-refractivity contribution >= 4 is 21.6 Å². The zero-order valence-electron chi connectivity index (χ0n) is 8.02. The number of anilines is 1. The standard InChI is InChI=1S/C11H14BrN/c1-4-5-13-10-6-8(2)11(12)9(3)7-10/h4,6-7,13H,1,5H2,2-3H3. The van der Waals surface area contributed by atoms with Gasteiger partial charge in [0.05, 0.1) is 0 Å². The highest BCUT2D eigenvalue weighted by molar-refractivity contribution is 9.10. The number of hydrogen-bond acceptors (Lipinski definition) is 1. The van der Waals surface area contributed by atoms with Crippen molar-refractivity contribution in [1.82, 2.24) is 0 Å². The number of aryl methyl sites for hydroxylation is 2. The summed E-state index contributed by atoms with van der Waals surface area (Å²) in [4.78, 5) is 0. The molecule has 13 heavy (non-hydrogen) atoms. The van der Waals surface area contributed by atoms with Crippen LogP contribution in [0.4, 0.5) is 5.69 Å². The Morgan fingerprint density at radius 1 is 1.38 bits per heavy atom. The third kappa shape index (κ3) is 2.59. The molecule has 70 valence electrons. The van der Waals surface area contributed by atoms with Crippen LogP contribution < -0.4 is 5.32 Å². The second-order valence-corrected chi connectivity index (χ2v) is 3.89. The van der Waals surface area contributed by atoms with Crippen LogP contribution in [0.3, 0.4) is 0 Å². The van der Waals surface area contributed by atoms with Crippen LogP contribution in [0.1, 0.15) is 11.1 Å². The maximum atomic E-state index is 3.67. The molecule has 1 aromatic carbocycles. The van der Waals surface area contributed by atoms with Crippen molar-refractivity contribution in [3.63, 3.8) is 0 Å². The second kappa shape index (κ2) is 4.47. The first-order valence-corrected chi connectivity index (χ1v) is 5.06. The van der Waals surface area contributed by atoms with Gasteiger partial charge in [-0.05, 0) is 37.1 Å². The molecule has 0 saturated carbocycles. The smallest absolute Gasteiger partial charge is 0.0348 e. The highest BCUT2D eigenvalue weighted by Gasteiger charge is 2.00. The van der Waals surface area contributed by atoms with Gasteiger partial charge in [0, 0.05) is 16.7 Å². The van der Waals surface area contributed by atoms with Crippen LogP contribution in [-0.4, -0.2) is 6.54 Å². The van der Waals surface area contributed by atoms with E-state index in [-0.39, 0.29) is 0 Å². The van der Waals surface area contributed by atoms with Gasteiger partial charge in [-0.25, -0.2) is 0 Å². The van der Waals surface area contributed by atoms with E-state index in [0.29, 0.717) is 0 Å². The minimum atomic E-state index is 0.806. The maximum Gasteiger partial charge on any atom is 0.0348 e. The van der Waals surface area contributed by atoms with E-state index in [1.54, 1.807) is 0 Å². The Morgan fingerprint density at radius 3 is 2.38 bits per heavy atom. The van der Waals surface area contributed by atoms with E-state index in [1.807, 2.05) is 6.08 Å². The third-order valence-electron chi connectivity index (χ3n) is 1.89. The lowest BCUT2D eigenvalue weighted by Gasteiger charge is -2.08. The first-order valence-electron chi connectivity index (χ1n) is 4.26. The van der Waals surface area contributed by atoms with E-state index in [4.69, 9.17) is 0 Å². The molecule has 0 heterocycles. The Morgan fingerprint density at radius 2 is 1.92 bits per heavy atom. The molecular weight excluding hydrogens is 226 g/mol. The van der Waals surface area contributed by atoms with E-state index in [0.717, 1.165) is 12.2 Å². The Bertz CT molecular complexity index is 295. The Labute approximate surface area is 88.0 Å². The van der Waals surface area contributed by atoms with Crippen LogP contribution in [0.15, 0.2) is 29.3 Å². The largest absolute Gasteiger partial charge is 0.382 e. The molecule has 1 N–H and O–H groups in total. The molecular formula is C11H14BrN. The monoisotopic (exact) mass is 239 g/mol. The summed E-state index contributed by atoms with van der Waals surface area (Å²) in [5.74, 6) is 0. The topological polar surface area (TPSA) is 12.0 Å². The predicted molar refractivity (Wildman–Crippen MR) is 62.3 cm³/mol. The van der Waals surface area contributed by atoms with E-state index >= 15 is 0 Å². The molecule has 0 aliphatic heterocycles. The van der Waals surface area contributed by atoms with E-state index < -0.39 is 0 Å². The molecule has 1 rings (SSSR count). The van der Waals surface area contributed by atoms with Crippen molar-refractivity contribution in [2.45, 2.75) is 13.8 Å². The van der Waals surface area contributed by atoms with E-state index in [9.17, 15) is 0 Å². The van der Waals surface area contributed by atoms with Gasteiger partial charge < -0.3 is 5.32 Å². The van der Waals surface area contributed by atoms with Gasteiger partial charge in [-0.15, -0.1) is 6.58 Å². The lowest BCUT2D eigenvalue weighted by atomic mass is 10.1. The Kier molecular flexibility index (Phi) is 3.55. The summed E-state index contributed by atoms with van der Waals surface area (Å²) >= 11 is 3.53. The lowest BCUT2D eigenvalue weighted by molar-refractivity contribution is 1.28. The molecule has 0 bridgehead atoms. The zero-order chi connectivity index (χ0) is 9.84. The van der Waals surface area contributed by atoms with Gasteiger partial charge in [0.15, 0.2) is 0 Å². The normalized spacial score (nSPS) is 9.77. The van der Waals surface area contributed by atoms with Gasteiger partial charge in [0.1, 0.15) is 0 Å². The molecule has 1 aromatic rings. The van der Waals surface area contributed by atoms with Gasteiger partial charge in [0.25, 0.3) is 0 Å². The first-order chi connectivity index (χ1) is 6.15. The maximum absolute atomic E-state index is 3.67. The molecule has 0 aromatic heterocycles. The van der Waals surface area contributed by atoms with Gasteiger partial charge in [-0.3, -0.25) is 0 Å². The first kappa shape index (κ1) is 10.3. The summed E-state index contributed by atoms with van der Waals surface area (Å²) in [7, 11) is 0. The fourth-order valence-corrected chi connectivity index (χ4v) is 1.47. The fourth-order valence-electron chi connectivity index (χ4n) is 1.24. The van der Waals surface area contributed by atoms with Gasteiger partial charge >= 0.3 is 0 Å². The van der Waals surface area contributed by atoms with Crippen LogP contribution in [0.2, 0.25) is 0 Å². The number of benzene rings is 1. The highest BCUT2D eigenvalue weighted by atomic mass is 79.9. The summed E-state index contributed by atoms with van der Waals surface area (Å²) in [5.41, 5.74) is 3.66. The average molecular weight is 240 g/mol. The van der Waals surface area contributed by atoms with Crippen LogP contribution in [0.5, 0.6) is 0 Å². The molecule has 0 fully saturated rings. The minimum Gasteiger partial charge on any atom is -0.382 e. The van der Waals surface area contributed by atoms with Crippen LogP contribution in [0.25, 0.3) is 0 Å². The average Bonchev–Trinajstić information content (AvgIpc) is 2.10. The molecule has 0 amide bonds. The number of hydrogen-bond donors (Lipinski definition) is 1. The van der Waals surface area contributed by atoms with Crippen molar-refractivity contribution in [1.29, 1.82) is 0 Å².